The van der Waals surface area contributed by atoms with Crippen molar-refractivity contribution in [1.82, 2.24) is 15.3 Å². The van der Waals surface area contributed by atoms with Gasteiger partial charge in [-0.2, -0.15) is 0 Å². The molecule has 0 fully saturated rings. The van der Waals surface area contributed by atoms with Crippen molar-refractivity contribution < 1.29 is 19.0 Å². The Labute approximate surface area is 167 Å². The highest BCUT2D eigenvalue weighted by Crippen LogP contribution is 2.35. The van der Waals surface area contributed by atoms with Gasteiger partial charge in [-0.05, 0) is 12.1 Å². The normalized spacial score (nSPS) is 11.9. The zero-order valence-electron chi connectivity index (χ0n) is 15.8. The molecule has 2 aromatic carbocycles. The molecule has 0 bridgehead atoms. The molecule has 8 nitrogen and oxygen atoms in total. The minimum atomic E-state index is -0.296. The fourth-order valence-corrected chi connectivity index (χ4v) is 2.82. The molecule has 0 atom stereocenters. The summed E-state index contributed by atoms with van der Waals surface area (Å²) in [4.78, 5) is 21.5. The number of methoxy groups -OCH3 is 1. The van der Waals surface area contributed by atoms with Crippen molar-refractivity contribution in [3.63, 3.8) is 0 Å². The molecule has 2 N–H and O–H groups in total. The van der Waals surface area contributed by atoms with E-state index in [2.05, 4.69) is 20.6 Å². The zero-order valence-corrected chi connectivity index (χ0v) is 15.8. The van der Waals surface area contributed by atoms with E-state index in [0.29, 0.717) is 36.3 Å². The average molecular weight is 392 g/mol. The van der Waals surface area contributed by atoms with Gasteiger partial charge in [0.05, 0.1) is 6.61 Å². The largest absolute Gasteiger partial charge is 0.454 e. The first kappa shape index (κ1) is 18.7. The molecule has 0 radical (unpaired) electrons. The Morgan fingerprint density at radius 1 is 1.07 bits per heavy atom. The summed E-state index contributed by atoms with van der Waals surface area (Å²) in [7, 11) is 1.58. The number of nitrogens with one attached hydrogen (secondary N) is 2. The van der Waals surface area contributed by atoms with E-state index in [1.807, 2.05) is 48.5 Å². The van der Waals surface area contributed by atoms with Crippen LogP contribution in [-0.4, -0.2) is 42.9 Å². The van der Waals surface area contributed by atoms with Crippen LogP contribution >= 0.6 is 0 Å². The van der Waals surface area contributed by atoms with Gasteiger partial charge in [0.15, 0.2) is 17.3 Å². The highest BCUT2D eigenvalue weighted by Gasteiger charge is 2.16. The van der Waals surface area contributed by atoms with Crippen LogP contribution in [0, 0.1) is 0 Å². The molecule has 29 heavy (non-hydrogen) atoms. The molecule has 0 aliphatic carbocycles. The third kappa shape index (κ3) is 4.44. The van der Waals surface area contributed by atoms with E-state index < -0.39 is 0 Å². The summed E-state index contributed by atoms with van der Waals surface area (Å²) in [6.07, 6.45) is 0. The number of ether oxygens (including phenoxy) is 3. The maximum absolute atomic E-state index is 12.5. The number of hydrogen-bond donors (Lipinski definition) is 2. The van der Waals surface area contributed by atoms with E-state index in [9.17, 15) is 4.79 Å². The highest BCUT2D eigenvalue weighted by molar-refractivity contribution is 5.93. The monoisotopic (exact) mass is 392 g/mol. The van der Waals surface area contributed by atoms with Gasteiger partial charge in [0, 0.05) is 37.0 Å². The van der Waals surface area contributed by atoms with Crippen LogP contribution in [0.4, 0.5) is 11.5 Å². The lowest BCUT2D eigenvalue weighted by atomic mass is 10.2. The summed E-state index contributed by atoms with van der Waals surface area (Å²) >= 11 is 0. The van der Waals surface area contributed by atoms with Gasteiger partial charge in [0.1, 0.15) is 11.5 Å². The maximum Gasteiger partial charge on any atom is 0.270 e. The maximum atomic E-state index is 12.5. The minimum absolute atomic E-state index is 0.205. The van der Waals surface area contributed by atoms with Crippen LogP contribution in [0.5, 0.6) is 11.5 Å². The van der Waals surface area contributed by atoms with Crippen molar-refractivity contribution in [2.24, 2.45) is 0 Å². The molecular formula is C21H20N4O4. The van der Waals surface area contributed by atoms with E-state index in [-0.39, 0.29) is 18.4 Å². The topological polar surface area (TPSA) is 94.6 Å². The molecule has 1 aliphatic rings. The van der Waals surface area contributed by atoms with Crippen molar-refractivity contribution in [3.8, 4) is 22.9 Å². The SMILES string of the molecule is COCCNC(=O)c1cc(Nc2ccc3c(c2)OCO3)nc(-c2ccccc2)n1. The first-order valence-corrected chi connectivity index (χ1v) is 9.11. The Morgan fingerprint density at radius 2 is 1.90 bits per heavy atom. The lowest BCUT2D eigenvalue weighted by Gasteiger charge is -2.11. The summed E-state index contributed by atoms with van der Waals surface area (Å²) in [5, 5.41) is 6.00. The molecule has 0 saturated carbocycles. The van der Waals surface area contributed by atoms with Crippen LogP contribution in [0.3, 0.4) is 0 Å². The van der Waals surface area contributed by atoms with Crippen LogP contribution < -0.4 is 20.1 Å². The second-order valence-electron chi connectivity index (χ2n) is 6.27. The van der Waals surface area contributed by atoms with Gasteiger partial charge in [-0.25, -0.2) is 9.97 Å². The number of nitrogens with zero attached hydrogens (tertiary/aromatic N) is 2. The third-order valence-electron chi connectivity index (χ3n) is 4.23. The summed E-state index contributed by atoms with van der Waals surface area (Å²) in [6.45, 7) is 1.02. The summed E-state index contributed by atoms with van der Waals surface area (Å²) in [5.41, 5.74) is 1.84. The lowest BCUT2D eigenvalue weighted by Crippen LogP contribution is -2.28. The van der Waals surface area contributed by atoms with Gasteiger partial charge in [-0.15, -0.1) is 0 Å². The molecule has 0 saturated heterocycles. The second-order valence-corrected chi connectivity index (χ2v) is 6.27. The standard InChI is InChI=1S/C21H20N4O4/c1-27-10-9-22-21(26)16-12-19(25-20(24-16)14-5-3-2-4-6-14)23-15-7-8-17-18(11-15)29-13-28-17/h2-8,11-12H,9-10,13H2,1H3,(H,22,26)(H,23,24,25). The Balaban J connectivity index is 1.64. The van der Waals surface area contributed by atoms with E-state index >= 15 is 0 Å². The summed E-state index contributed by atoms with van der Waals surface area (Å²) < 4.78 is 15.7. The number of hydrogen-bond acceptors (Lipinski definition) is 7. The third-order valence-corrected chi connectivity index (χ3v) is 4.23. The van der Waals surface area contributed by atoms with E-state index in [0.717, 1.165) is 11.3 Å². The summed E-state index contributed by atoms with van der Waals surface area (Å²) in [6, 6.07) is 16.6. The number of rotatable bonds is 7. The number of benzene rings is 2. The second kappa shape index (κ2) is 8.57. The number of carbonyl (C=O) groups is 1. The molecular weight excluding hydrogens is 372 g/mol. The Bertz CT molecular complexity index is 1010. The van der Waals surface area contributed by atoms with Crippen LogP contribution in [0.15, 0.2) is 54.6 Å². The molecule has 2 heterocycles. The first-order valence-electron chi connectivity index (χ1n) is 9.11. The minimum Gasteiger partial charge on any atom is -0.454 e. The molecule has 4 rings (SSSR count). The Hall–Kier alpha value is -3.65. The van der Waals surface area contributed by atoms with Gasteiger partial charge < -0.3 is 24.8 Å². The number of amides is 1. The molecule has 1 aliphatic heterocycles. The molecule has 0 spiro atoms. The predicted molar refractivity (Wildman–Crippen MR) is 108 cm³/mol. The van der Waals surface area contributed by atoms with Gasteiger partial charge in [-0.1, -0.05) is 30.3 Å². The fraction of sp³-hybridized carbons (Fsp3) is 0.190. The number of carbonyl (C=O) groups excluding carboxylic acids is 1. The van der Waals surface area contributed by atoms with E-state index in [4.69, 9.17) is 14.2 Å². The van der Waals surface area contributed by atoms with Gasteiger partial charge in [0.25, 0.3) is 5.91 Å². The van der Waals surface area contributed by atoms with Crippen molar-refractivity contribution in [2.75, 3.05) is 32.4 Å². The Morgan fingerprint density at radius 3 is 2.72 bits per heavy atom. The van der Waals surface area contributed by atoms with Crippen molar-refractivity contribution in [2.45, 2.75) is 0 Å². The highest BCUT2D eigenvalue weighted by atomic mass is 16.7. The van der Waals surface area contributed by atoms with Crippen molar-refractivity contribution in [1.29, 1.82) is 0 Å². The lowest BCUT2D eigenvalue weighted by molar-refractivity contribution is 0.0932. The van der Waals surface area contributed by atoms with Gasteiger partial charge >= 0.3 is 0 Å². The summed E-state index contributed by atoms with van der Waals surface area (Å²) in [5.74, 6) is 2.00. The number of anilines is 2. The fourth-order valence-electron chi connectivity index (χ4n) is 2.82. The Kier molecular flexibility index (Phi) is 5.53. The van der Waals surface area contributed by atoms with Crippen LogP contribution in [0.2, 0.25) is 0 Å². The smallest absolute Gasteiger partial charge is 0.270 e. The zero-order chi connectivity index (χ0) is 20.1. The number of aromatic nitrogens is 2. The van der Waals surface area contributed by atoms with Gasteiger partial charge in [0.2, 0.25) is 6.79 Å². The van der Waals surface area contributed by atoms with Gasteiger partial charge in [-0.3, -0.25) is 4.79 Å². The van der Waals surface area contributed by atoms with Crippen LogP contribution in [-0.2, 0) is 4.74 Å². The van der Waals surface area contributed by atoms with E-state index in [1.54, 1.807) is 13.2 Å². The molecule has 148 valence electrons. The van der Waals surface area contributed by atoms with E-state index in [1.165, 1.54) is 0 Å². The average Bonchev–Trinajstić information content (AvgIpc) is 3.22. The van der Waals surface area contributed by atoms with Crippen molar-refractivity contribution in [3.05, 3.63) is 60.3 Å². The molecule has 3 aromatic rings. The predicted octanol–water partition coefficient (Wildman–Crippen LogP) is 2.99. The van der Waals surface area contributed by atoms with Crippen LogP contribution in [0.1, 0.15) is 10.5 Å². The number of fused-ring (bicyclic) bond motifs is 1. The quantitative estimate of drug-likeness (QED) is 0.597. The molecule has 0 unspecified atom stereocenters. The van der Waals surface area contributed by atoms with Crippen molar-refractivity contribution >= 4 is 17.4 Å². The first-order chi connectivity index (χ1) is 14.2. The molecule has 1 amide bonds. The molecule has 8 heteroatoms. The van der Waals surface area contributed by atoms with Crippen LogP contribution in [0.25, 0.3) is 11.4 Å². The molecule has 1 aromatic heterocycles.